The molecule has 1 aromatic carbocycles. The number of nitrogens with two attached hydrogens (primary N) is 1. The second kappa shape index (κ2) is 7.35. The molecule has 2 aliphatic rings. The third-order valence-corrected chi connectivity index (χ3v) is 8.24. The molecular formula is C19H26N4O3S2. The van der Waals surface area contributed by atoms with Gasteiger partial charge in [-0.25, -0.2) is 18.5 Å². The van der Waals surface area contributed by atoms with Crippen LogP contribution in [-0.4, -0.2) is 35.7 Å². The first-order chi connectivity index (χ1) is 13.2. The number of fused-ring (bicyclic) bond motifs is 3. The molecule has 28 heavy (non-hydrogen) atoms. The zero-order valence-corrected chi connectivity index (χ0v) is 17.7. The first kappa shape index (κ1) is 19.7. The zero-order valence-electron chi connectivity index (χ0n) is 16.1. The molecular weight excluding hydrogens is 396 g/mol. The number of amides is 1. The molecule has 0 saturated heterocycles. The van der Waals surface area contributed by atoms with E-state index in [1.165, 1.54) is 49.6 Å². The van der Waals surface area contributed by atoms with Crippen LogP contribution in [0.15, 0.2) is 28.3 Å². The summed E-state index contributed by atoms with van der Waals surface area (Å²) in [6, 6.07) is 4.83. The number of hydrogen-bond donors (Lipinski definition) is 2. The van der Waals surface area contributed by atoms with Crippen LogP contribution in [0.4, 0.5) is 0 Å². The summed E-state index contributed by atoms with van der Waals surface area (Å²) in [5.74, 6) is 2.55. The lowest BCUT2D eigenvalue weighted by atomic mass is 9.84. The first-order valence-corrected chi connectivity index (χ1v) is 12.2. The third-order valence-electron chi connectivity index (χ3n) is 6.30. The Kier molecular flexibility index (Phi) is 5.18. The molecule has 152 valence electrons. The van der Waals surface area contributed by atoms with Crippen molar-refractivity contribution in [3.63, 3.8) is 0 Å². The van der Waals surface area contributed by atoms with Crippen LogP contribution in [0.3, 0.4) is 0 Å². The van der Waals surface area contributed by atoms with Crippen LogP contribution < -0.4 is 10.5 Å². The molecule has 0 aliphatic heterocycles. The van der Waals surface area contributed by atoms with E-state index in [-0.39, 0.29) is 22.6 Å². The Morgan fingerprint density at radius 2 is 2.18 bits per heavy atom. The number of carbonyl (C=O) groups is 1. The number of hydrogen-bond acceptors (Lipinski definition) is 5. The molecule has 2 aliphatic carbocycles. The van der Waals surface area contributed by atoms with Gasteiger partial charge in [-0.1, -0.05) is 18.2 Å². The van der Waals surface area contributed by atoms with Gasteiger partial charge in [0.25, 0.3) is 0 Å². The van der Waals surface area contributed by atoms with Gasteiger partial charge < -0.3 is 9.88 Å². The molecule has 9 heteroatoms. The van der Waals surface area contributed by atoms with Gasteiger partial charge in [0.1, 0.15) is 0 Å². The average molecular weight is 423 g/mol. The fraction of sp³-hybridized carbons (Fsp3) is 0.579. The van der Waals surface area contributed by atoms with Gasteiger partial charge in [-0.05, 0) is 62.1 Å². The number of aromatic nitrogens is 2. The van der Waals surface area contributed by atoms with Crippen molar-refractivity contribution in [2.45, 2.75) is 48.7 Å². The first-order valence-electron chi connectivity index (χ1n) is 9.64. The van der Waals surface area contributed by atoms with Crippen LogP contribution in [0.5, 0.6) is 0 Å². The van der Waals surface area contributed by atoms with Gasteiger partial charge in [0.15, 0.2) is 5.16 Å². The number of benzene rings is 1. The summed E-state index contributed by atoms with van der Waals surface area (Å²) in [6.07, 6.45) is 5.25. The van der Waals surface area contributed by atoms with E-state index in [1.54, 1.807) is 6.07 Å². The molecule has 3 N–H and O–H groups in total. The number of primary sulfonamides is 1. The van der Waals surface area contributed by atoms with Gasteiger partial charge in [-0.2, -0.15) is 0 Å². The Morgan fingerprint density at radius 3 is 2.82 bits per heavy atom. The predicted molar refractivity (Wildman–Crippen MR) is 109 cm³/mol. The van der Waals surface area contributed by atoms with E-state index in [1.807, 2.05) is 11.6 Å². The molecule has 1 amide bonds. The third kappa shape index (κ3) is 3.79. The van der Waals surface area contributed by atoms with Crippen molar-refractivity contribution in [2.24, 2.45) is 29.9 Å². The topological polar surface area (TPSA) is 107 Å². The number of aryl methyl sites for hydroxylation is 1. The summed E-state index contributed by atoms with van der Waals surface area (Å²) < 4.78 is 24.9. The second-order valence-corrected chi connectivity index (χ2v) is 10.6. The summed E-state index contributed by atoms with van der Waals surface area (Å²) in [5, 5.41) is 9.03. The maximum Gasteiger partial charge on any atom is 0.238 e. The van der Waals surface area contributed by atoms with Crippen molar-refractivity contribution in [3.05, 3.63) is 18.2 Å². The number of imidazole rings is 1. The van der Waals surface area contributed by atoms with Gasteiger partial charge >= 0.3 is 0 Å². The molecule has 2 fully saturated rings. The quantitative estimate of drug-likeness (QED) is 0.695. The van der Waals surface area contributed by atoms with E-state index in [2.05, 4.69) is 17.2 Å². The van der Waals surface area contributed by atoms with Crippen LogP contribution in [-0.2, 0) is 21.9 Å². The normalized spacial score (nSPS) is 25.3. The summed E-state index contributed by atoms with van der Waals surface area (Å²) in [5.41, 5.74) is 1.35. The molecule has 0 radical (unpaired) electrons. The van der Waals surface area contributed by atoms with Crippen LogP contribution in [0.1, 0.15) is 32.6 Å². The average Bonchev–Trinajstić information content (AvgIpc) is 3.34. The smallest absolute Gasteiger partial charge is 0.238 e. The van der Waals surface area contributed by atoms with Crippen molar-refractivity contribution in [1.29, 1.82) is 0 Å². The highest BCUT2D eigenvalue weighted by Gasteiger charge is 2.42. The van der Waals surface area contributed by atoms with Gasteiger partial charge in [-0.3, -0.25) is 4.79 Å². The van der Waals surface area contributed by atoms with Crippen LogP contribution >= 0.6 is 11.8 Å². The zero-order chi connectivity index (χ0) is 20.1. The Bertz CT molecular complexity index is 1020. The number of rotatable bonds is 6. The minimum absolute atomic E-state index is 0.0116. The Hall–Kier alpha value is -1.58. The largest absolute Gasteiger partial charge is 0.353 e. The molecule has 2 bridgehead atoms. The van der Waals surface area contributed by atoms with Crippen LogP contribution in [0, 0.1) is 17.8 Å². The Balaban J connectivity index is 1.39. The van der Waals surface area contributed by atoms with Crippen molar-refractivity contribution in [2.75, 3.05) is 5.75 Å². The monoisotopic (exact) mass is 422 g/mol. The van der Waals surface area contributed by atoms with Crippen molar-refractivity contribution in [3.8, 4) is 0 Å². The highest BCUT2D eigenvalue weighted by molar-refractivity contribution is 7.99. The van der Waals surface area contributed by atoms with Gasteiger partial charge in [0, 0.05) is 13.1 Å². The molecule has 7 nitrogen and oxygen atoms in total. The molecule has 4 atom stereocenters. The van der Waals surface area contributed by atoms with E-state index in [0.717, 1.165) is 17.4 Å². The highest BCUT2D eigenvalue weighted by Crippen LogP contribution is 2.49. The standard InChI is InChI=1S/C19H26N4O3S2/c1-11(15-8-12-3-4-13(15)7-12)21-18(24)10-27-19-22-16-9-14(28(20,25)26)5-6-17(16)23(19)2/h5-6,9,11-13,15H,3-4,7-8,10H2,1-2H3,(H,21,24)(H2,20,25,26)/t11-,12-,13-,15+/m0/s1. The lowest BCUT2D eigenvalue weighted by Crippen LogP contribution is -2.40. The Labute approximate surface area is 169 Å². The molecule has 1 aromatic heterocycles. The predicted octanol–water partition coefficient (Wildman–Crippen LogP) is 2.25. The summed E-state index contributed by atoms with van der Waals surface area (Å²) >= 11 is 1.35. The van der Waals surface area contributed by atoms with E-state index in [0.29, 0.717) is 16.6 Å². The lowest BCUT2D eigenvalue weighted by Gasteiger charge is -2.28. The highest BCUT2D eigenvalue weighted by atomic mass is 32.2. The minimum atomic E-state index is -3.77. The van der Waals surface area contributed by atoms with E-state index >= 15 is 0 Å². The summed E-state index contributed by atoms with van der Waals surface area (Å²) in [7, 11) is -1.92. The number of sulfonamides is 1. The van der Waals surface area contributed by atoms with Gasteiger partial charge in [0.05, 0.1) is 21.7 Å². The second-order valence-electron chi connectivity index (χ2n) is 8.13. The van der Waals surface area contributed by atoms with E-state index in [9.17, 15) is 13.2 Å². The van der Waals surface area contributed by atoms with Crippen molar-refractivity contribution >= 4 is 38.7 Å². The maximum absolute atomic E-state index is 12.4. The number of carbonyl (C=O) groups excluding carboxylic acids is 1. The molecule has 2 saturated carbocycles. The molecule has 2 aromatic rings. The maximum atomic E-state index is 12.4. The van der Waals surface area contributed by atoms with Gasteiger partial charge in [-0.15, -0.1) is 0 Å². The number of thioether (sulfide) groups is 1. The van der Waals surface area contributed by atoms with E-state index in [4.69, 9.17) is 5.14 Å². The number of nitrogens with zero attached hydrogens (tertiary/aromatic N) is 2. The summed E-state index contributed by atoms with van der Waals surface area (Å²) in [6.45, 7) is 2.12. The SMILES string of the molecule is C[C@H](NC(=O)CSc1nc2cc(S(N)(=O)=O)ccc2n1C)[C@H]1C[C@H]2CC[C@H]1C2. The molecule has 1 heterocycles. The van der Waals surface area contributed by atoms with Crippen molar-refractivity contribution < 1.29 is 13.2 Å². The van der Waals surface area contributed by atoms with Crippen LogP contribution in [0.25, 0.3) is 11.0 Å². The molecule has 0 unspecified atom stereocenters. The van der Waals surface area contributed by atoms with E-state index < -0.39 is 10.0 Å². The fourth-order valence-electron chi connectivity index (χ4n) is 4.90. The van der Waals surface area contributed by atoms with Crippen molar-refractivity contribution in [1.82, 2.24) is 14.9 Å². The molecule has 4 rings (SSSR count). The van der Waals surface area contributed by atoms with Crippen LogP contribution in [0.2, 0.25) is 0 Å². The number of nitrogens with one attached hydrogen (secondary N) is 1. The fourth-order valence-corrected chi connectivity index (χ4v) is 6.23. The lowest BCUT2D eigenvalue weighted by molar-refractivity contribution is -0.119. The molecule has 0 spiro atoms. The summed E-state index contributed by atoms with van der Waals surface area (Å²) in [4.78, 5) is 16.9. The Morgan fingerprint density at radius 1 is 1.39 bits per heavy atom. The van der Waals surface area contributed by atoms with Gasteiger partial charge in [0.2, 0.25) is 15.9 Å². The minimum Gasteiger partial charge on any atom is -0.353 e.